The summed E-state index contributed by atoms with van der Waals surface area (Å²) in [5, 5.41) is 9.49. The lowest BCUT2D eigenvalue weighted by Gasteiger charge is -2.07. The molecular formula is C12H10ClN3O2S2. The lowest BCUT2D eigenvalue weighted by atomic mass is 10.2. The average molecular weight is 328 g/mol. The minimum absolute atomic E-state index is 0.0796. The van der Waals surface area contributed by atoms with E-state index in [-0.39, 0.29) is 9.92 Å². The number of anilines is 1. The number of hydrogen-bond acceptors (Lipinski definition) is 5. The maximum atomic E-state index is 12.3. The highest BCUT2D eigenvalue weighted by Crippen LogP contribution is 2.33. The molecule has 2 rings (SSSR count). The van der Waals surface area contributed by atoms with Gasteiger partial charge >= 0.3 is 0 Å². The Morgan fingerprint density at radius 2 is 2.15 bits per heavy atom. The molecule has 2 aromatic rings. The van der Waals surface area contributed by atoms with Crippen molar-refractivity contribution in [3.63, 3.8) is 0 Å². The molecule has 20 heavy (non-hydrogen) atoms. The van der Waals surface area contributed by atoms with Crippen LogP contribution in [0.25, 0.3) is 0 Å². The molecule has 104 valence electrons. The van der Waals surface area contributed by atoms with Crippen molar-refractivity contribution in [2.24, 2.45) is 0 Å². The first-order valence-corrected chi connectivity index (χ1v) is 8.17. The minimum Gasteiger partial charge on any atom is -0.269 e. The van der Waals surface area contributed by atoms with Crippen molar-refractivity contribution in [2.45, 2.75) is 18.7 Å². The van der Waals surface area contributed by atoms with Crippen LogP contribution in [0.1, 0.15) is 16.0 Å². The van der Waals surface area contributed by atoms with Gasteiger partial charge in [-0.15, -0.1) is 11.3 Å². The molecule has 0 amide bonds. The first-order valence-electron chi connectivity index (χ1n) is 5.49. The van der Waals surface area contributed by atoms with Crippen LogP contribution in [0.15, 0.2) is 23.4 Å². The van der Waals surface area contributed by atoms with E-state index >= 15 is 0 Å². The van der Waals surface area contributed by atoms with Crippen LogP contribution < -0.4 is 4.72 Å². The number of rotatable bonds is 3. The Balaban J connectivity index is 2.48. The number of sulfonamides is 1. The van der Waals surface area contributed by atoms with E-state index in [9.17, 15) is 8.42 Å². The first-order chi connectivity index (χ1) is 9.36. The molecule has 5 nitrogen and oxygen atoms in total. The maximum Gasteiger partial charge on any atom is 0.265 e. The van der Waals surface area contributed by atoms with E-state index in [1.807, 2.05) is 13.0 Å². The predicted molar refractivity (Wildman–Crippen MR) is 78.6 cm³/mol. The van der Waals surface area contributed by atoms with Crippen LogP contribution in [0.4, 0.5) is 5.00 Å². The second-order valence-electron chi connectivity index (χ2n) is 4.01. The summed E-state index contributed by atoms with van der Waals surface area (Å²) in [5.74, 6) is 0. The number of aryl methyl sites for hydroxylation is 1. The van der Waals surface area contributed by atoms with Gasteiger partial charge in [-0.05, 0) is 25.5 Å². The topological polar surface area (TPSA) is 82.8 Å². The van der Waals surface area contributed by atoms with Gasteiger partial charge in [0, 0.05) is 17.3 Å². The molecular weight excluding hydrogens is 318 g/mol. The molecule has 0 bridgehead atoms. The van der Waals surface area contributed by atoms with Gasteiger partial charge < -0.3 is 0 Å². The summed E-state index contributed by atoms with van der Waals surface area (Å²) in [6, 6.07) is 3.40. The zero-order chi connectivity index (χ0) is 14.9. The van der Waals surface area contributed by atoms with E-state index in [4.69, 9.17) is 16.9 Å². The van der Waals surface area contributed by atoms with Crippen molar-refractivity contribution in [1.82, 2.24) is 4.98 Å². The molecule has 0 spiro atoms. The Morgan fingerprint density at radius 3 is 2.75 bits per heavy atom. The number of hydrogen-bond donors (Lipinski definition) is 1. The maximum absolute atomic E-state index is 12.3. The molecule has 2 heterocycles. The molecule has 0 aromatic carbocycles. The number of thiophene rings is 1. The largest absolute Gasteiger partial charge is 0.269 e. The molecule has 0 fully saturated rings. The van der Waals surface area contributed by atoms with Gasteiger partial charge in [0.25, 0.3) is 10.0 Å². The summed E-state index contributed by atoms with van der Waals surface area (Å²) < 4.78 is 26.9. The Kier molecular flexibility index (Phi) is 3.99. The van der Waals surface area contributed by atoms with Crippen molar-refractivity contribution in [2.75, 3.05) is 4.72 Å². The summed E-state index contributed by atoms with van der Waals surface area (Å²) >= 11 is 7.08. The molecule has 1 N–H and O–H groups in total. The van der Waals surface area contributed by atoms with E-state index in [0.29, 0.717) is 10.6 Å². The Hall–Kier alpha value is -1.62. The highest BCUT2D eigenvalue weighted by atomic mass is 35.5. The molecule has 0 aliphatic heterocycles. The average Bonchev–Trinajstić information content (AvgIpc) is 2.64. The molecule has 0 saturated heterocycles. The Morgan fingerprint density at radius 1 is 1.45 bits per heavy atom. The number of pyridine rings is 1. The van der Waals surface area contributed by atoms with Crippen molar-refractivity contribution in [3.8, 4) is 6.07 Å². The summed E-state index contributed by atoms with van der Waals surface area (Å²) in [5.41, 5.74) is 1.10. The number of aromatic nitrogens is 1. The van der Waals surface area contributed by atoms with Gasteiger partial charge in [-0.1, -0.05) is 11.6 Å². The number of halogens is 1. The first kappa shape index (κ1) is 14.8. The Labute approximate surface area is 125 Å². The van der Waals surface area contributed by atoms with Crippen LogP contribution in [0.2, 0.25) is 5.02 Å². The second kappa shape index (κ2) is 5.40. The molecule has 2 aromatic heterocycles. The predicted octanol–water partition coefficient (Wildman–Crippen LogP) is 3.09. The number of nitriles is 1. The van der Waals surface area contributed by atoms with Crippen LogP contribution in [-0.2, 0) is 10.0 Å². The summed E-state index contributed by atoms with van der Waals surface area (Å²) in [4.78, 5) is 4.52. The van der Waals surface area contributed by atoms with E-state index in [1.165, 1.54) is 29.8 Å². The number of nitrogens with one attached hydrogen (secondary N) is 1. The highest BCUT2D eigenvalue weighted by Gasteiger charge is 2.22. The van der Waals surface area contributed by atoms with E-state index in [2.05, 4.69) is 9.71 Å². The SMILES string of the molecule is Cc1sc(NS(=O)(=O)c2cnccc2Cl)c(C#N)c1C. The molecule has 0 radical (unpaired) electrons. The standard InChI is InChI=1S/C12H10ClN3O2S2/c1-7-8(2)19-12(9(7)5-14)16-20(17,18)11-6-15-4-3-10(11)13/h3-4,6,16H,1-2H3. The zero-order valence-electron chi connectivity index (χ0n) is 10.6. The lowest BCUT2D eigenvalue weighted by molar-refractivity contribution is 0.601. The molecule has 0 aliphatic rings. The lowest BCUT2D eigenvalue weighted by Crippen LogP contribution is -2.13. The third-order valence-electron chi connectivity index (χ3n) is 2.75. The second-order valence-corrected chi connectivity index (χ2v) is 7.29. The van der Waals surface area contributed by atoms with E-state index in [0.717, 1.165) is 10.4 Å². The third kappa shape index (κ3) is 2.63. The highest BCUT2D eigenvalue weighted by molar-refractivity contribution is 7.93. The van der Waals surface area contributed by atoms with Crippen molar-refractivity contribution >= 4 is 38.0 Å². The van der Waals surface area contributed by atoms with Crippen LogP contribution in [0, 0.1) is 25.2 Å². The Bertz CT molecular complexity index is 807. The zero-order valence-corrected chi connectivity index (χ0v) is 13.0. The third-order valence-corrected chi connectivity index (χ3v) is 5.82. The van der Waals surface area contributed by atoms with Gasteiger partial charge in [0.15, 0.2) is 0 Å². The van der Waals surface area contributed by atoms with E-state index in [1.54, 1.807) is 6.92 Å². The molecule has 0 saturated carbocycles. The molecule has 0 unspecified atom stereocenters. The molecule has 8 heteroatoms. The summed E-state index contributed by atoms with van der Waals surface area (Å²) in [7, 11) is -3.87. The fourth-order valence-electron chi connectivity index (χ4n) is 1.57. The van der Waals surface area contributed by atoms with Crippen molar-refractivity contribution in [3.05, 3.63) is 39.5 Å². The van der Waals surface area contributed by atoms with Crippen LogP contribution in [0.3, 0.4) is 0 Å². The quantitative estimate of drug-likeness (QED) is 0.939. The fraction of sp³-hybridized carbons (Fsp3) is 0.167. The fourth-order valence-corrected chi connectivity index (χ4v) is 4.32. The van der Waals surface area contributed by atoms with Crippen LogP contribution in [0.5, 0.6) is 0 Å². The smallest absolute Gasteiger partial charge is 0.265 e. The van der Waals surface area contributed by atoms with Crippen molar-refractivity contribution < 1.29 is 8.42 Å². The molecule has 0 atom stereocenters. The minimum atomic E-state index is -3.87. The monoisotopic (exact) mass is 327 g/mol. The summed E-state index contributed by atoms with van der Waals surface area (Å²) in [6.07, 6.45) is 2.57. The van der Waals surface area contributed by atoms with Gasteiger partial charge in [-0.2, -0.15) is 5.26 Å². The van der Waals surface area contributed by atoms with Crippen LogP contribution in [-0.4, -0.2) is 13.4 Å². The van der Waals surface area contributed by atoms with Gasteiger partial charge in [0.2, 0.25) is 0 Å². The number of nitrogens with zero attached hydrogens (tertiary/aromatic N) is 2. The summed E-state index contributed by atoms with van der Waals surface area (Å²) in [6.45, 7) is 3.61. The normalized spacial score (nSPS) is 11.1. The van der Waals surface area contributed by atoms with E-state index < -0.39 is 10.0 Å². The van der Waals surface area contributed by atoms with Gasteiger partial charge in [0.1, 0.15) is 16.0 Å². The van der Waals surface area contributed by atoms with Crippen LogP contribution >= 0.6 is 22.9 Å². The van der Waals surface area contributed by atoms with Gasteiger partial charge in [0.05, 0.1) is 10.6 Å². The van der Waals surface area contributed by atoms with Gasteiger partial charge in [-0.25, -0.2) is 8.42 Å². The van der Waals surface area contributed by atoms with Gasteiger partial charge in [-0.3, -0.25) is 9.71 Å². The molecule has 0 aliphatic carbocycles. The van der Waals surface area contributed by atoms with Crippen molar-refractivity contribution in [1.29, 1.82) is 5.26 Å².